The maximum absolute atomic E-state index is 11.4. The van der Waals surface area contributed by atoms with E-state index in [9.17, 15) is 9.90 Å². The molecule has 1 N–H and O–H groups in total. The first-order valence-corrected chi connectivity index (χ1v) is 7.17. The van der Waals surface area contributed by atoms with Gasteiger partial charge in [0.2, 0.25) is 0 Å². The van der Waals surface area contributed by atoms with Crippen molar-refractivity contribution in [1.82, 2.24) is 4.90 Å². The number of aliphatic carboxylic acids is 1. The number of carbonyl (C=O) groups is 1. The van der Waals surface area contributed by atoms with E-state index in [2.05, 4.69) is 20.8 Å². The summed E-state index contributed by atoms with van der Waals surface area (Å²) in [5.41, 5.74) is 1.07. The molecule has 1 fully saturated rings. The number of likely N-dealkylation sites (tertiary alicyclic amines) is 1. The number of carboxylic acid groups (broad SMARTS) is 1. The summed E-state index contributed by atoms with van der Waals surface area (Å²) >= 11 is 3.42. The SMILES string of the molecule is O=C(O)C(Cc1cccc(Br)c1)N1CCCCC1. The highest BCUT2D eigenvalue weighted by Gasteiger charge is 2.26. The first-order valence-electron chi connectivity index (χ1n) is 6.38. The van der Waals surface area contributed by atoms with Gasteiger partial charge in [0.05, 0.1) is 0 Å². The molecule has 1 unspecified atom stereocenters. The molecule has 1 aliphatic rings. The van der Waals surface area contributed by atoms with Crippen molar-refractivity contribution < 1.29 is 9.90 Å². The van der Waals surface area contributed by atoms with Crippen molar-refractivity contribution in [3.05, 3.63) is 34.3 Å². The number of benzene rings is 1. The Morgan fingerprint density at radius 3 is 2.67 bits per heavy atom. The monoisotopic (exact) mass is 311 g/mol. The van der Waals surface area contributed by atoms with Crippen LogP contribution in [0.2, 0.25) is 0 Å². The van der Waals surface area contributed by atoms with Crippen molar-refractivity contribution in [3.63, 3.8) is 0 Å². The van der Waals surface area contributed by atoms with Crippen LogP contribution in [0.4, 0.5) is 0 Å². The third-order valence-electron chi connectivity index (χ3n) is 3.43. The van der Waals surface area contributed by atoms with Crippen LogP contribution < -0.4 is 0 Å². The molecule has 1 saturated heterocycles. The molecule has 0 aromatic heterocycles. The molecule has 0 spiro atoms. The molecular weight excluding hydrogens is 294 g/mol. The lowest BCUT2D eigenvalue weighted by atomic mass is 10.0. The van der Waals surface area contributed by atoms with E-state index in [0.29, 0.717) is 6.42 Å². The zero-order valence-electron chi connectivity index (χ0n) is 10.3. The van der Waals surface area contributed by atoms with Crippen LogP contribution in [-0.2, 0) is 11.2 Å². The fourth-order valence-corrected chi connectivity index (χ4v) is 2.94. The maximum atomic E-state index is 11.4. The molecule has 1 heterocycles. The Morgan fingerprint density at radius 2 is 2.06 bits per heavy atom. The quantitative estimate of drug-likeness (QED) is 0.929. The predicted molar refractivity (Wildman–Crippen MR) is 74.7 cm³/mol. The molecule has 3 nitrogen and oxygen atoms in total. The van der Waals surface area contributed by atoms with E-state index < -0.39 is 5.97 Å². The molecule has 98 valence electrons. The van der Waals surface area contributed by atoms with Crippen LogP contribution in [0.15, 0.2) is 28.7 Å². The zero-order chi connectivity index (χ0) is 13.0. The lowest BCUT2D eigenvalue weighted by Crippen LogP contribution is -2.45. The van der Waals surface area contributed by atoms with Crippen molar-refractivity contribution >= 4 is 21.9 Å². The number of carboxylic acids is 1. The van der Waals surface area contributed by atoms with E-state index in [0.717, 1.165) is 36.0 Å². The summed E-state index contributed by atoms with van der Waals surface area (Å²) < 4.78 is 1.00. The summed E-state index contributed by atoms with van der Waals surface area (Å²) in [6.07, 6.45) is 4.03. The summed E-state index contributed by atoms with van der Waals surface area (Å²) in [6, 6.07) is 7.51. The van der Waals surface area contributed by atoms with Gasteiger partial charge in [0.15, 0.2) is 0 Å². The van der Waals surface area contributed by atoms with Gasteiger partial charge in [-0.2, -0.15) is 0 Å². The van der Waals surface area contributed by atoms with Crippen LogP contribution in [0.25, 0.3) is 0 Å². The minimum Gasteiger partial charge on any atom is -0.480 e. The molecule has 0 aliphatic carbocycles. The Labute approximate surface area is 116 Å². The van der Waals surface area contributed by atoms with Crippen molar-refractivity contribution in [2.75, 3.05) is 13.1 Å². The van der Waals surface area contributed by atoms with Crippen LogP contribution in [0.3, 0.4) is 0 Å². The van der Waals surface area contributed by atoms with Gasteiger partial charge in [0.25, 0.3) is 0 Å². The molecular formula is C14H18BrNO2. The van der Waals surface area contributed by atoms with Crippen molar-refractivity contribution in [2.45, 2.75) is 31.7 Å². The van der Waals surface area contributed by atoms with Gasteiger partial charge >= 0.3 is 5.97 Å². The summed E-state index contributed by atoms with van der Waals surface area (Å²) in [4.78, 5) is 13.5. The molecule has 1 aliphatic heterocycles. The van der Waals surface area contributed by atoms with Gasteiger partial charge in [0, 0.05) is 4.47 Å². The van der Waals surface area contributed by atoms with Crippen molar-refractivity contribution in [1.29, 1.82) is 0 Å². The Hall–Kier alpha value is -0.870. The largest absolute Gasteiger partial charge is 0.480 e. The highest BCUT2D eigenvalue weighted by Crippen LogP contribution is 2.18. The zero-order valence-corrected chi connectivity index (χ0v) is 11.9. The van der Waals surface area contributed by atoms with Gasteiger partial charge in [-0.3, -0.25) is 9.69 Å². The van der Waals surface area contributed by atoms with Crippen molar-refractivity contribution in [2.24, 2.45) is 0 Å². The van der Waals surface area contributed by atoms with E-state index in [4.69, 9.17) is 0 Å². The van der Waals surface area contributed by atoms with Crippen LogP contribution in [0.1, 0.15) is 24.8 Å². The number of nitrogens with zero attached hydrogens (tertiary/aromatic N) is 1. The number of halogens is 1. The van der Waals surface area contributed by atoms with Crippen LogP contribution in [-0.4, -0.2) is 35.1 Å². The molecule has 0 radical (unpaired) electrons. The van der Waals surface area contributed by atoms with E-state index in [1.54, 1.807) is 0 Å². The average Bonchev–Trinajstić information content (AvgIpc) is 2.37. The predicted octanol–water partition coefficient (Wildman–Crippen LogP) is 2.93. The number of rotatable bonds is 4. The fraction of sp³-hybridized carbons (Fsp3) is 0.500. The second-order valence-corrected chi connectivity index (χ2v) is 5.70. The molecule has 0 bridgehead atoms. The molecule has 4 heteroatoms. The minimum absolute atomic E-state index is 0.389. The third kappa shape index (κ3) is 3.56. The first-order chi connectivity index (χ1) is 8.66. The van der Waals surface area contributed by atoms with Gasteiger partial charge in [-0.25, -0.2) is 0 Å². The molecule has 2 rings (SSSR count). The maximum Gasteiger partial charge on any atom is 0.321 e. The van der Waals surface area contributed by atoms with Gasteiger partial charge in [-0.05, 0) is 50.0 Å². The highest BCUT2D eigenvalue weighted by atomic mass is 79.9. The minimum atomic E-state index is -0.711. The number of hydrogen-bond acceptors (Lipinski definition) is 2. The molecule has 0 amide bonds. The number of hydrogen-bond donors (Lipinski definition) is 1. The molecule has 0 saturated carbocycles. The lowest BCUT2D eigenvalue weighted by molar-refractivity contribution is -0.143. The van der Waals surface area contributed by atoms with Crippen LogP contribution in [0, 0.1) is 0 Å². The van der Waals surface area contributed by atoms with E-state index in [1.165, 1.54) is 6.42 Å². The summed E-state index contributed by atoms with van der Waals surface area (Å²) in [5, 5.41) is 9.40. The van der Waals surface area contributed by atoms with Crippen molar-refractivity contribution in [3.8, 4) is 0 Å². The Morgan fingerprint density at radius 1 is 1.33 bits per heavy atom. The summed E-state index contributed by atoms with van der Waals surface area (Å²) in [5.74, 6) is -0.711. The smallest absolute Gasteiger partial charge is 0.321 e. The molecule has 18 heavy (non-hydrogen) atoms. The van der Waals surface area contributed by atoms with E-state index in [-0.39, 0.29) is 6.04 Å². The third-order valence-corrected chi connectivity index (χ3v) is 3.93. The van der Waals surface area contributed by atoms with Gasteiger partial charge in [-0.15, -0.1) is 0 Å². The fourth-order valence-electron chi connectivity index (χ4n) is 2.49. The second-order valence-electron chi connectivity index (χ2n) is 4.78. The van der Waals surface area contributed by atoms with Crippen LogP contribution >= 0.6 is 15.9 Å². The first kappa shape index (κ1) is 13.6. The molecule has 1 aromatic rings. The average molecular weight is 312 g/mol. The second kappa shape index (κ2) is 6.34. The van der Waals surface area contributed by atoms with E-state index in [1.807, 2.05) is 24.3 Å². The van der Waals surface area contributed by atoms with Crippen LogP contribution in [0.5, 0.6) is 0 Å². The van der Waals surface area contributed by atoms with E-state index >= 15 is 0 Å². The highest BCUT2D eigenvalue weighted by molar-refractivity contribution is 9.10. The lowest BCUT2D eigenvalue weighted by Gasteiger charge is -2.32. The molecule has 1 atom stereocenters. The summed E-state index contributed by atoms with van der Waals surface area (Å²) in [6.45, 7) is 1.82. The van der Waals surface area contributed by atoms with Gasteiger partial charge in [0.1, 0.15) is 6.04 Å². The Bertz CT molecular complexity index is 416. The normalized spacial score (nSPS) is 18.5. The van der Waals surface area contributed by atoms with Gasteiger partial charge in [-0.1, -0.05) is 34.5 Å². The Balaban J connectivity index is 2.08. The number of piperidine rings is 1. The topological polar surface area (TPSA) is 40.5 Å². The standard InChI is InChI=1S/C14H18BrNO2/c15-12-6-4-5-11(9-12)10-13(14(17)18)16-7-2-1-3-8-16/h4-6,9,13H,1-3,7-8,10H2,(H,17,18). The Kier molecular flexibility index (Phi) is 4.78. The molecule has 1 aromatic carbocycles. The van der Waals surface area contributed by atoms with Gasteiger partial charge < -0.3 is 5.11 Å². The summed E-state index contributed by atoms with van der Waals surface area (Å²) in [7, 11) is 0.